The van der Waals surface area contributed by atoms with Gasteiger partial charge >= 0.3 is 0 Å². The number of hydrogen-bond acceptors (Lipinski definition) is 5. The summed E-state index contributed by atoms with van der Waals surface area (Å²) in [6, 6.07) is 22.1. The van der Waals surface area contributed by atoms with Gasteiger partial charge in [0.15, 0.2) is 5.75 Å². The van der Waals surface area contributed by atoms with Crippen molar-refractivity contribution in [2.45, 2.75) is 12.3 Å². The molecule has 4 N–H and O–H groups in total. The molecule has 0 radical (unpaired) electrons. The van der Waals surface area contributed by atoms with Gasteiger partial charge in [0.1, 0.15) is 11.8 Å². The Kier molecular flexibility index (Phi) is 5.33. The fourth-order valence-electron chi connectivity index (χ4n) is 3.71. The molecule has 1 fully saturated rings. The first-order valence-corrected chi connectivity index (χ1v) is 9.88. The molecule has 1 aliphatic heterocycles. The summed E-state index contributed by atoms with van der Waals surface area (Å²) in [6.07, 6.45) is 0.381. The van der Waals surface area contributed by atoms with Gasteiger partial charge in [-0.05, 0) is 47.5 Å². The van der Waals surface area contributed by atoms with E-state index in [4.69, 9.17) is 16.2 Å². The van der Waals surface area contributed by atoms with Crippen LogP contribution >= 0.6 is 0 Å². The molecule has 0 bridgehead atoms. The molecule has 3 aromatic carbocycles. The zero-order valence-electron chi connectivity index (χ0n) is 16.9. The Bertz CT molecular complexity index is 1210. The maximum Gasteiger partial charge on any atom is 0.227 e. The van der Waals surface area contributed by atoms with Crippen LogP contribution in [0.1, 0.15) is 29.0 Å². The Morgan fingerprint density at radius 3 is 2.68 bits per heavy atom. The molecule has 1 aliphatic rings. The van der Waals surface area contributed by atoms with Crippen molar-refractivity contribution >= 4 is 23.0 Å². The molecule has 4 rings (SSSR count). The molecule has 0 spiro atoms. The highest BCUT2D eigenvalue weighted by atomic mass is 16.5. The number of hydrogen-bond donors (Lipinski definition) is 2. The van der Waals surface area contributed by atoms with Gasteiger partial charge in [-0.2, -0.15) is 5.26 Å². The minimum absolute atomic E-state index is 0.00797. The first-order valence-electron chi connectivity index (χ1n) is 9.88. The molecule has 1 saturated heterocycles. The third-order valence-corrected chi connectivity index (χ3v) is 5.39. The fourth-order valence-corrected chi connectivity index (χ4v) is 3.71. The molecule has 0 unspecified atom stereocenters. The van der Waals surface area contributed by atoms with Crippen LogP contribution in [0.15, 0.2) is 73.3 Å². The monoisotopic (exact) mass is 410 g/mol. The average Bonchev–Trinajstić information content (AvgIpc) is 3.17. The number of benzene rings is 3. The smallest absolute Gasteiger partial charge is 0.227 e. The first-order chi connectivity index (χ1) is 15.0. The summed E-state index contributed by atoms with van der Waals surface area (Å²) in [6.45, 7) is 4.31. The summed E-state index contributed by atoms with van der Waals surface area (Å²) in [5.74, 6) is 0.939. The number of nitrogen functional groups attached to an aromatic ring is 1. The fraction of sp³-hybridized carbons (Fsp3) is 0.120. The molecule has 0 saturated carbocycles. The molecule has 6 heteroatoms. The van der Waals surface area contributed by atoms with Crippen molar-refractivity contribution in [2.24, 2.45) is 5.73 Å². The molecule has 1 heterocycles. The van der Waals surface area contributed by atoms with Crippen LogP contribution in [-0.4, -0.2) is 12.5 Å². The number of nitrogens with zero attached hydrogens (tertiary/aromatic N) is 2. The van der Waals surface area contributed by atoms with Gasteiger partial charge in [-0.1, -0.05) is 36.9 Å². The summed E-state index contributed by atoms with van der Waals surface area (Å²) >= 11 is 0. The van der Waals surface area contributed by atoms with E-state index in [-0.39, 0.29) is 11.8 Å². The standard InChI is InChI=1S/C25H22N4O2/c1-16(27)17-6-4-7-21(11-17)29-15-20(13-25(29)30)18-9-10-22(28)24(12-18)31-23-8-3-2-5-19(23)14-26/h2-12,20H,1,13,15,27-28H2/t20-/m0/s1. The summed E-state index contributed by atoms with van der Waals surface area (Å²) in [5.41, 5.74) is 15.8. The van der Waals surface area contributed by atoms with Gasteiger partial charge in [0.25, 0.3) is 0 Å². The van der Waals surface area contributed by atoms with Crippen LogP contribution in [0.5, 0.6) is 11.5 Å². The Morgan fingerprint density at radius 1 is 1.10 bits per heavy atom. The number of nitriles is 1. The van der Waals surface area contributed by atoms with Crippen molar-refractivity contribution in [3.05, 3.63) is 90.0 Å². The molecule has 3 aromatic rings. The average molecular weight is 410 g/mol. The Morgan fingerprint density at radius 2 is 1.90 bits per heavy atom. The van der Waals surface area contributed by atoms with Gasteiger partial charge < -0.3 is 21.1 Å². The molecule has 1 amide bonds. The number of nitrogens with two attached hydrogens (primary N) is 2. The number of carbonyl (C=O) groups excluding carboxylic acids is 1. The van der Waals surface area contributed by atoms with Crippen molar-refractivity contribution in [1.29, 1.82) is 5.26 Å². The number of ether oxygens (including phenoxy) is 1. The summed E-state index contributed by atoms with van der Waals surface area (Å²) in [5, 5.41) is 9.30. The van der Waals surface area contributed by atoms with Gasteiger partial charge in [-0.15, -0.1) is 0 Å². The van der Waals surface area contributed by atoms with Gasteiger partial charge in [-0.3, -0.25) is 4.79 Å². The minimum Gasteiger partial charge on any atom is -0.454 e. The van der Waals surface area contributed by atoms with Gasteiger partial charge in [0.2, 0.25) is 5.91 Å². The third-order valence-electron chi connectivity index (χ3n) is 5.39. The van der Waals surface area contributed by atoms with E-state index in [0.717, 1.165) is 16.8 Å². The molecule has 31 heavy (non-hydrogen) atoms. The molecule has 1 atom stereocenters. The van der Waals surface area contributed by atoms with Gasteiger partial charge in [-0.25, -0.2) is 0 Å². The van der Waals surface area contributed by atoms with Crippen LogP contribution in [0.3, 0.4) is 0 Å². The Labute approximate surface area is 181 Å². The predicted molar refractivity (Wildman–Crippen MR) is 121 cm³/mol. The second kappa shape index (κ2) is 8.25. The maximum atomic E-state index is 12.7. The van der Waals surface area contributed by atoms with Crippen LogP contribution < -0.4 is 21.1 Å². The highest BCUT2D eigenvalue weighted by Gasteiger charge is 2.32. The number of anilines is 2. The maximum absolute atomic E-state index is 12.7. The van der Waals surface area contributed by atoms with Gasteiger partial charge in [0, 0.05) is 30.3 Å². The van der Waals surface area contributed by atoms with Crippen LogP contribution in [-0.2, 0) is 4.79 Å². The number of amides is 1. The van der Waals surface area contributed by atoms with Crippen LogP contribution in [0, 0.1) is 11.3 Å². The Hall–Kier alpha value is -4.24. The zero-order valence-corrected chi connectivity index (χ0v) is 16.9. The van der Waals surface area contributed by atoms with Gasteiger partial charge in [0.05, 0.1) is 11.3 Å². The normalized spacial score (nSPS) is 15.5. The van der Waals surface area contributed by atoms with Crippen molar-refractivity contribution < 1.29 is 9.53 Å². The van der Waals surface area contributed by atoms with E-state index in [1.807, 2.05) is 36.4 Å². The van der Waals surface area contributed by atoms with Crippen molar-refractivity contribution in [2.75, 3.05) is 17.2 Å². The topological polar surface area (TPSA) is 105 Å². The minimum atomic E-state index is -0.00797. The summed E-state index contributed by atoms with van der Waals surface area (Å²) in [4.78, 5) is 14.5. The van der Waals surface area contributed by atoms with Crippen LogP contribution in [0.25, 0.3) is 5.70 Å². The molecule has 6 nitrogen and oxygen atoms in total. The van der Waals surface area contributed by atoms with Crippen molar-refractivity contribution in [3.63, 3.8) is 0 Å². The van der Waals surface area contributed by atoms with E-state index in [2.05, 4.69) is 12.6 Å². The number of rotatable bonds is 5. The molecule has 0 aliphatic carbocycles. The van der Waals surface area contributed by atoms with Crippen molar-refractivity contribution in [1.82, 2.24) is 0 Å². The predicted octanol–water partition coefficient (Wildman–Crippen LogP) is 4.38. The molecule has 154 valence electrons. The zero-order chi connectivity index (χ0) is 22.0. The first kappa shape index (κ1) is 20.0. The van der Waals surface area contributed by atoms with E-state index in [0.29, 0.717) is 41.4 Å². The Balaban J connectivity index is 1.59. The third kappa shape index (κ3) is 4.07. The lowest BCUT2D eigenvalue weighted by Crippen LogP contribution is -2.24. The van der Waals surface area contributed by atoms with Crippen LogP contribution in [0.4, 0.5) is 11.4 Å². The second-order valence-electron chi connectivity index (χ2n) is 7.49. The SMILES string of the molecule is C=C(N)c1cccc(N2C[C@@H](c3ccc(N)c(Oc4ccccc4C#N)c3)CC2=O)c1. The van der Waals surface area contributed by atoms with E-state index < -0.39 is 0 Å². The second-order valence-corrected chi connectivity index (χ2v) is 7.49. The van der Waals surface area contributed by atoms with E-state index >= 15 is 0 Å². The quantitative estimate of drug-likeness (QED) is 0.607. The molecular formula is C25H22N4O2. The van der Waals surface area contributed by atoms with E-state index in [9.17, 15) is 10.1 Å². The summed E-state index contributed by atoms with van der Waals surface area (Å²) in [7, 11) is 0. The molecule has 0 aromatic heterocycles. The largest absolute Gasteiger partial charge is 0.454 e. The lowest BCUT2D eigenvalue weighted by atomic mass is 9.97. The number of carbonyl (C=O) groups is 1. The van der Waals surface area contributed by atoms with E-state index in [1.54, 1.807) is 35.2 Å². The molecular weight excluding hydrogens is 388 g/mol. The lowest BCUT2D eigenvalue weighted by molar-refractivity contribution is -0.117. The van der Waals surface area contributed by atoms with Crippen LogP contribution in [0.2, 0.25) is 0 Å². The van der Waals surface area contributed by atoms with Crippen molar-refractivity contribution in [3.8, 4) is 17.6 Å². The van der Waals surface area contributed by atoms with E-state index in [1.165, 1.54) is 0 Å². The highest BCUT2D eigenvalue weighted by Crippen LogP contribution is 2.37. The summed E-state index contributed by atoms with van der Waals surface area (Å²) < 4.78 is 5.94. The highest BCUT2D eigenvalue weighted by molar-refractivity contribution is 5.97. The lowest BCUT2D eigenvalue weighted by Gasteiger charge is -2.18. The number of para-hydroxylation sites is 1.